The number of esters is 3. The monoisotopic (exact) mass is 1070 g/mol. The fraction of sp³-hybridized carbons (Fsp3) is 0.957. The van der Waals surface area contributed by atoms with Crippen molar-refractivity contribution in [3.8, 4) is 0 Å². The lowest BCUT2D eigenvalue weighted by molar-refractivity contribution is -0.167. The predicted octanol–water partition coefficient (Wildman–Crippen LogP) is 23.6. The summed E-state index contributed by atoms with van der Waals surface area (Å²) < 4.78 is 17.0. The predicted molar refractivity (Wildman–Crippen MR) is 330 cm³/mol. The Kier molecular flexibility index (Phi) is 61.3. The van der Waals surface area contributed by atoms with Gasteiger partial charge < -0.3 is 14.2 Å². The number of rotatable bonds is 64. The third kappa shape index (κ3) is 63.2. The number of ether oxygens (including phenoxy) is 3. The fourth-order valence-corrected chi connectivity index (χ4v) is 11.0. The van der Waals surface area contributed by atoms with Crippen LogP contribution in [0.4, 0.5) is 0 Å². The van der Waals surface area contributed by atoms with Crippen LogP contribution in [0.2, 0.25) is 0 Å². The quantitative estimate of drug-likeness (QED) is 0.0343. The molecule has 0 radical (unpaired) electrons. The van der Waals surface area contributed by atoms with Gasteiger partial charge in [0.15, 0.2) is 6.10 Å². The van der Waals surface area contributed by atoms with Crippen molar-refractivity contribution >= 4 is 17.9 Å². The number of unbranched alkanes of at least 4 members (excludes halogenated alkanes) is 49. The van der Waals surface area contributed by atoms with Gasteiger partial charge in [-0.3, -0.25) is 14.4 Å². The first-order valence-electron chi connectivity index (χ1n) is 34.7. The minimum Gasteiger partial charge on any atom is -0.462 e. The van der Waals surface area contributed by atoms with Crippen molar-refractivity contribution in [3.63, 3.8) is 0 Å². The molecule has 452 valence electrons. The third-order valence-corrected chi connectivity index (χ3v) is 16.2. The summed E-state index contributed by atoms with van der Waals surface area (Å²) in [5.74, 6) is 0.884. The lowest BCUT2D eigenvalue weighted by Gasteiger charge is -2.18. The molecular formula is C70H136O6. The number of hydrogen-bond acceptors (Lipinski definition) is 6. The molecule has 0 aliphatic heterocycles. The highest BCUT2D eigenvalue weighted by molar-refractivity contribution is 5.71. The summed E-state index contributed by atoms with van der Waals surface area (Å²) in [6.07, 6.45) is 71.2. The molecule has 0 fully saturated rings. The summed E-state index contributed by atoms with van der Waals surface area (Å²) in [6.45, 7) is 11.5. The molecule has 6 heteroatoms. The van der Waals surface area contributed by atoms with Crippen LogP contribution in [0.25, 0.3) is 0 Å². The molecule has 0 saturated carbocycles. The van der Waals surface area contributed by atoms with Crippen LogP contribution in [0.15, 0.2) is 0 Å². The van der Waals surface area contributed by atoms with Crippen molar-refractivity contribution in [1.82, 2.24) is 0 Å². The van der Waals surface area contributed by atoms with E-state index in [4.69, 9.17) is 14.2 Å². The van der Waals surface area contributed by atoms with Gasteiger partial charge in [0.05, 0.1) is 0 Å². The number of hydrogen-bond donors (Lipinski definition) is 0. The van der Waals surface area contributed by atoms with Crippen LogP contribution >= 0.6 is 0 Å². The highest BCUT2D eigenvalue weighted by Crippen LogP contribution is 2.20. The summed E-state index contributed by atoms with van der Waals surface area (Å²) in [4.78, 5) is 38.4. The maximum absolute atomic E-state index is 12.9. The van der Waals surface area contributed by atoms with E-state index in [0.29, 0.717) is 19.3 Å². The third-order valence-electron chi connectivity index (χ3n) is 16.2. The molecule has 0 N–H and O–H groups in total. The second kappa shape index (κ2) is 62.6. The average Bonchev–Trinajstić information content (AvgIpc) is 3.40. The zero-order valence-corrected chi connectivity index (χ0v) is 52.4. The van der Waals surface area contributed by atoms with E-state index in [2.05, 4.69) is 34.6 Å². The maximum Gasteiger partial charge on any atom is 0.306 e. The second-order valence-corrected chi connectivity index (χ2v) is 25.1. The van der Waals surface area contributed by atoms with E-state index >= 15 is 0 Å². The van der Waals surface area contributed by atoms with Crippen molar-refractivity contribution in [2.45, 2.75) is 407 Å². The van der Waals surface area contributed by atoms with Gasteiger partial charge in [-0.1, -0.05) is 362 Å². The fourth-order valence-electron chi connectivity index (χ4n) is 11.0. The molecule has 0 unspecified atom stereocenters. The molecule has 0 aliphatic rings. The summed E-state index contributed by atoms with van der Waals surface area (Å²) in [7, 11) is 0. The summed E-state index contributed by atoms with van der Waals surface area (Å²) in [6, 6.07) is 0. The molecule has 76 heavy (non-hydrogen) atoms. The first-order chi connectivity index (χ1) is 37.2. The van der Waals surface area contributed by atoms with E-state index in [1.54, 1.807) is 0 Å². The first kappa shape index (κ1) is 74.4. The van der Waals surface area contributed by atoms with E-state index in [9.17, 15) is 14.4 Å². The lowest BCUT2D eigenvalue weighted by atomic mass is 10.0. The number of carbonyl (C=O) groups is 3. The summed E-state index contributed by atoms with van der Waals surface area (Å²) in [5, 5.41) is 0. The molecule has 6 nitrogen and oxygen atoms in total. The molecular weight excluding hydrogens is 937 g/mol. The van der Waals surface area contributed by atoms with E-state index in [0.717, 1.165) is 69.6 Å². The maximum atomic E-state index is 12.9. The normalized spacial score (nSPS) is 12.0. The molecule has 0 aromatic rings. The van der Waals surface area contributed by atoms with Crippen LogP contribution in [0, 0.1) is 11.8 Å². The van der Waals surface area contributed by atoms with Gasteiger partial charge in [-0.05, 0) is 31.1 Å². The molecule has 0 aliphatic carbocycles. The van der Waals surface area contributed by atoms with Gasteiger partial charge in [0, 0.05) is 19.3 Å². The Labute approximate surface area is 476 Å². The standard InChI is InChI=1S/C70H136O6/c1-6-7-8-9-10-11-12-13-14-15-16-21-26-32-37-42-47-52-57-62-70(73)76-67(64-75-69(72)61-56-51-46-41-36-31-27-22-24-29-34-39-44-49-54-59-66(4)5)63-74-68(71)60-55-50-45-40-35-30-25-20-18-17-19-23-28-33-38-43-48-53-58-65(2)3/h65-67H,6-64H2,1-5H3/t67-/m1/s1. The molecule has 0 aromatic heterocycles. The smallest absolute Gasteiger partial charge is 0.306 e. The van der Waals surface area contributed by atoms with Crippen molar-refractivity contribution in [2.24, 2.45) is 11.8 Å². The molecule has 0 rings (SSSR count). The van der Waals surface area contributed by atoms with Crippen LogP contribution in [-0.2, 0) is 28.6 Å². The highest BCUT2D eigenvalue weighted by atomic mass is 16.6. The Morgan fingerprint density at radius 3 is 0.645 bits per heavy atom. The van der Waals surface area contributed by atoms with E-state index in [1.807, 2.05) is 0 Å². The highest BCUT2D eigenvalue weighted by Gasteiger charge is 2.20. The molecule has 0 bridgehead atoms. The molecule has 1 atom stereocenters. The molecule has 0 aromatic carbocycles. The van der Waals surface area contributed by atoms with Gasteiger partial charge in [-0.15, -0.1) is 0 Å². The van der Waals surface area contributed by atoms with E-state index in [1.165, 1.54) is 289 Å². The first-order valence-corrected chi connectivity index (χ1v) is 34.7. The summed E-state index contributed by atoms with van der Waals surface area (Å²) >= 11 is 0. The van der Waals surface area contributed by atoms with Crippen molar-refractivity contribution < 1.29 is 28.6 Å². The van der Waals surface area contributed by atoms with Gasteiger partial charge >= 0.3 is 17.9 Å². The SMILES string of the molecule is CCCCCCCCCCCCCCCCCCCCCC(=O)O[C@H](COC(=O)CCCCCCCCCCCCCCCCCCCCC(C)C)COC(=O)CCCCCCCCCCCCCCCCCC(C)C. The van der Waals surface area contributed by atoms with E-state index in [-0.39, 0.29) is 31.1 Å². The Hall–Kier alpha value is -1.59. The Bertz CT molecular complexity index is 1170. The topological polar surface area (TPSA) is 78.9 Å². The minimum absolute atomic E-state index is 0.0612. The van der Waals surface area contributed by atoms with Gasteiger partial charge in [-0.2, -0.15) is 0 Å². The molecule has 0 saturated heterocycles. The Balaban J connectivity index is 4.27. The second-order valence-electron chi connectivity index (χ2n) is 25.1. The Morgan fingerprint density at radius 1 is 0.250 bits per heavy atom. The number of carbonyl (C=O) groups excluding carboxylic acids is 3. The van der Waals surface area contributed by atoms with Crippen LogP contribution in [-0.4, -0.2) is 37.2 Å². The van der Waals surface area contributed by atoms with E-state index < -0.39 is 6.10 Å². The molecule has 0 amide bonds. The molecule has 0 heterocycles. The van der Waals surface area contributed by atoms with Gasteiger partial charge in [0.25, 0.3) is 0 Å². The van der Waals surface area contributed by atoms with Gasteiger partial charge in [-0.25, -0.2) is 0 Å². The van der Waals surface area contributed by atoms with Gasteiger partial charge in [0.1, 0.15) is 13.2 Å². The average molecular weight is 1070 g/mol. The lowest BCUT2D eigenvalue weighted by Crippen LogP contribution is -2.30. The Morgan fingerprint density at radius 2 is 0.434 bits per heavy atom. The van der Waals surface area contributed by atoms with Crippen LogP contribution in [0.3, 0.4) is 0 Å². The molecule has 0 spiro atoms. The van der Waals surface area contributed by atoms with Crippen molar-refractivity contribution in [1.29, 1.82) is 0 Å². The zero-order chi connectivity index (χ0) is 55.3. The van der Waals surface area contributed by atoms with Crippen molar-refractivity contribution in [3.05, 3.63) is 0 Å². The van der Waals surface area contributed by atoms with Crippen molar-refractivity contribution in [2.75, 3.05) is 13.2 Å². The van der Waals surface area contributed by atoms with Crippen LogP contribution < -0.4 is 0 Å². The minimum atomic E-state index is -0.764. The van der Waals surface area contributed by atoms with Crippen LogP contribution in [0.1, 0.15) is 401 Å². The largest absolute Gasteiger partial charge is 0.462 e. The summed E-state index contributed by atoms with van der Waals surface area (Å²) in [5.41, 5.74) is 0. The van der Waals surface area contributed by atoms with Crippen LogP contribution in [0.5, 0.6) is 0 Å². The van der Waals surface area contributed by atoms with Gasteiger partial charge in [0.2, 0.25) is 0 Å². The zero-order valence-electron chi connectivity index (χ0n) is 52.4.